The average molecular weight is 563 g/mol. The summed E-state index contributed by atoms with van der Waals surface area (Å²) in [5, 5.41) is 0. The fraction of sp³-hybridized carbons (Fsp3) is 0.516. The summed E-state index contributed by atoms with van der Waals surface area (Å²) < 4.78 is 13.5. The number of aromatic nitrogens is 2. The van der Waals surface area contributed by atoms with Crippen molar-refractivity contribution in [2.75, 3.05) is 20.6 Å². The minimum absolute atomic E-state index is 0.0737. The largest absolute Gasteiger partial charge is 0.448 e. The van der Waals surface area contributed by atoms with E-state index in [-0.39, 0.29) is 23.9 Å². The fourth-order valence-corrected chi connectivity index (χ4v) is 7.57. The highest BCUT2D eigenvalue weighted by Gasteiger charge is 2.49. The molecular formula is C31H38N4O4S. The minimum atomic E-state index is -0.789. The van der Waals surface area contributed by atoms with Gasteiger partial charge in [0, 0.05) is 54.0 Å². The molecule has 3 aliphatic rings. The second kappa shape index (κ2) is 10.0. The molecule has 8 nitrogen and oxygen atoms in total. The predicted molar refractivity (Wildman–Crippen MR) is 156 cm³/mol. The molecular weight excluding hydrogens is 524 g/mol. The van der Waals surface area contributed by atoms with Crippen LogP contribution in [0, 0.1) is 26.7 Å². The number of hydrogen-bond donors (Lipinski definition) is 1. The molecule has 40 heavy (non-hydrogen) atoms. The maximum absolute atomic E-state index is 14.1. The first kappa shape index (κ1) is 27.0. The van der Waals surface area contributed by atoms with Crippen LogP contribution >= 0.6 is 11.3 Å². The van der Waals surface area contributed by atoms with E-state index in [2.05, 4.69) is 35.9 Å². The molecule has 2 aliphatic heterocycles. The molecule has 9 heteroatoms. The third-order valence-electron chi connectivity index (χ3n) is 9.18. The summed E-state index contributed by atoms with van der Waals surface area (Å²) in [6.45, 7) is 8.62. The zero-order chi connectivity index (χ0) is 28.3. The van der Waals surface area contributed by atoms with Crippen molar-refractivity contribution in [2.45, 2.75) is 78.2 Å². The van der Waals surface area contributed by atoms with Gasteiger partial charge >= 0.3 is 0 Å². The van der Waals surface area contributed by atoms with Crippen molar-refractivity contribution in [2.24, 2.45) is 5.92 Å². The molecule has 0 spiro atoms. The number of aryl methyl sites for hydroxylation is 2. The van der Waals surface area contributed by atoms with Gasteiger partial charge < -0.3 is 24.3 Å². The number of hydrogen-bond acceptors (Lipinski definition) is 7. The molecule has 0 unspecified atom stereocenters. The van der Waals surface area contributed by atoms with Gasteiger partial charge in [0.15, 0.2) is 11.5 Å². The summed E-state index contributed by atoms with van der Waals surface area (Å²) in [4.78, 5) is 39.2. The van der Waals surface area contributed by atoms with E-state index >= 15 is 0 Å². The summed E-state index contributed by atoms with van der Waals surface area (Å²) >= 11 is 1.55. The normalized spacial score (nSPS) is 24.1. The summed E-state index contributed by atoms with van der Waals surface area (Å²) in [6.07, 6.45) is 6.79. The smallest absolute Gasteiger partial charge is 0.254 e. The van der Waals surface area contributed by atoms with E-state index in [9.17, 15) is 9.59 Å². The molecule has 0 radical (unpaired) electrons. The lowest BCUT2D eigenvalue weighted by atomic mass is 9.81. The predicted octanol–water partition coefficient (Wildman–Crippen LogP) is 5.23. The Hall–Kier alpha value is -3.17. The van der Waals surface area contributed by atoms with E-state index in [0.29, 0.717) is 35.9 Å². The van der Waals surface area contributed by atoms with Gasteiger partial charge in [0.05, 0.1) is 22.5 Å². The van der Waals surface area contributed by atoms with Gasteiger partial charge in [0.1, 0.15) is 0 Å². The van der Waals surface area contributed by atoms with Crippen molar-refractivity contribution in [1.82, 2.24) is 19.8 Å². The zero-order valence-electron chi connectivity index (χ0n) is 24.2. The second-order valence-corrected chi connectivity index (χ2v) is 12.9. The summed E-state index contributed by atoms with van der Waals surface area (Å²) in [6, 6.07) is 2.54. The quantitative estimate of drug-likeness (QED) is 0.458. The van der Waals surface area contributed by atoms with Crippen molar-refractivity contribution in [1.29, 1.82) is 0 Å². The molecule has 1 saturated carbocycles. The molecule has 1 atom stereocenters. The number of amides is 1. The number of carbonyl (C=O) groups is 1. The van der Waals surface area contributed by atoms with Crippen LogP contribution in [0.3, 0.4) is 0 Å². The third-order valence-corrected chi connectivity index (χ3v) is 9.98. The van der Waals surface area contributed by atoms with Gasteiger partial charge in [-0.15, -0.1) is 11.3 Å². The molecule has 1 aromatic carbocycles. The van der Waals surface area contributed by atoms with Crippen LogP contribution in [0.1, 0.15) is 70.9 Å². The maximum atomic E-state index is 14.1. The van der Waals surface area contributed by atoms with Crippen LogP contribution in [-0.4, -0.2) is 58.1 Å². The molecule has 1 amide bonds. The van der Waals surface area contributed by atoms with Crippen LogP contribution in [0.2, 0.25) is 0 Å². The van der Waals surface area contributed by atoms with Gasteiger partial charge in [-0.2, -0.15) is 0 Å². The number of fused-ring (bicyclic) bond motifs is 2. The number of ether oxygens (including phenoxy) is 2. The molecule has 1 aliphatic carbocycles. The number of pyridine rings is 1. The molecule has 6 rings (SSSR count). The van der Waals surface area contributed by atoms with Crippen molar-refractivity contribution in [3.05, 3.63) is 61.6 Å². The highest BCUT2D eigenvalue weighted by atomic mass is 32.1. The Morgan fingerprint density at radius 3 is 2.48 bits per heavy atom. The summed E-state index contributed by atoms with van der Waals surface area (Å²) in [5.74, 6) is 0.799. The van der Waals surface area contributed by atoms with E-state index < -0.39 is 5.79 Å². The lowest BCUT2D eigenvalue weighted by molar-refractivity contribution is -0.123. The minimum Gasteiger partial charge on any atom is -0.448 e. The number of thiazole rings is 1. The first-order chi connectivity index (χ1) is 19.1. The topological polar surface area (TPSA) is 87.8 Å². The standard InChI is InChI=1S/C31H38N4O4S/c1-17-13-18(2)33-29(36)23(17)15-35-12-11-22-25(30(35)37)19(3)27-28(26(22)24-14-32-16-40-24)39-31(4,38-27)20-7-9-21(10-8-20)34(5)6/h13-14,16,20-21H,7-12,15H2,1-6H3,(H,33,36)/t20-,21-,31-/m0/s1. The van der Waals surface area contributed by atoms with E-state index in [1.165, 1.54) is 0 Å². The Bertz CT molecular complexity index is 1520. The SMILES string of the molecule is Cc1cc(C)c(CN2CCc3c(c(C)c4c(c3-c3cncs3)O[C@@](C)([C@H]3CC[C@H](N(C)C)CC3)O4)C2=O)c(=O)[nH]1. The zero-order valence-corrected chi connectivity index (χ0v) is 25.0. The molecule has 1 fully saturated rings. The fourth-order valence-electron chi connectivity index (χ4n) is 6.88. The van der Waals surface area contributed by atoms with Crippen molar-refractivity contribution in [3.8, 4) is 21.9 Å². The van der Waals surface area contributed by atoms with E-state index in [4.69, 9.17) is 9.47 Å². The highest BCUT2D eigenvalue weighted by Crippen LogP contribution is 2.55. The first-order valence-electron chi connectivity index (χ1n) is 14.2. The number of H-pyrrole nitrogens is 1. The molecule has 4 heterocycles. The molecule has 212 valence electrons. The Morgan fingerprint density at radius 1 is 1.10 bits per heavy atom. The Balaban J connectivity index is 1.38. The average Bonchev–Trinajstić information content (AvgIpc) is 3.56. The number of nitrogens with zero attached hydrogens (tertiary/aromatic N) is 3. The third kappa shape index (κ3) is 4.43. The van der Waals surface area contributed by atoms with Crippen LogP contribution in [-0.2, 0) is 13.0 Å². The van der Waals surface area contributed by atoms with Crippen molar-refractivity contribution >= 4 is 17.2 Å². The Labute approximate surface area is 239 Å². The van der Waals surface area contributed by atoms with Gasteiger partial charge in [0.2, 0.25) is 0 Å². The van der Waals surface area contributed by atoms with Crippen LogP contribution in [0.5, 0.6) is 11.5 Å². The molecule has 0 saturated heterocycles. The van der Waals surface area contributed by atoms with Crippen LogP contribution in [0.4, 0.5) is 0 Å². The summed E-state index contributed by atoms with van der Waals surface area (Å²) in [5.41, 5.74) is 7.42. The van der Waals surface area contributed by atoms with Gasteiger partial charge in [-0.3, -0.25) is 14.6 Å². The number of benzene rings is 1. The van der Waals surface area contributed by atoms with E-state index in [1.807, 2.05) is 38.5 Å². The van der Waals surface area contributed by atoms with Gasteiger partial charge in [-0.05, 0) is 84.2 Å². The molecule has 3 aromatic rings. The Morgan fingerprint density at radius 2 is 1.82 bits per heavy atom. The van der Waals surface area contributed by atoms with E-state index in [1.54, 1.807) is 16.2 Å². The van der Waals surface area contributed by atoms with Gasteiger partial charge in [-0.25, -0.2) is 0 Å². The van der Waals surface area contributed by atoms with Crippen molar-refractivity contribution in [3.63, 3.8) is 0 Å². The molecule has 2 aromatic heterocycles. The number of carbonyl (C=O) groups excluding carboxylic acids is 1. The Kier molecular flexibility index (Phi) is 6.78. The van der Waals surface area contributed by atoms with Gasteiger partial charge in [-0.1, -0.05) is 0 Å². The monoisotopic (exact) mass is 562 g/mol. The van der Waals surface area contributed by atoms with Gasteiger partial charge in [0.25, 0.3) is 17.3 Å². The first-order valence-corrected chi connectivity index (χ1v) is 15.1. The highest BCUT2D eigenvalue weighted by molar-refractivity contribution is 7.13. The van der Waals surface area contributed by atoms with Crippen LogP contribution in [0.15, 0.2) is 22.6 Å². The molecule has 0 bridgehead atoms. The number of nitrogens with one attached hydrogen (secondary N) is 1. The number of rotatable bonds is 5. The van der Waals surface area contributed by atoms with Crippen LogP contribution in [0.25, 0.3) is 10.4 Å². The van der Waals surface area contributed by atoms with Crippen molar-refractivity contribution < 1.29 is 14.3 Å². The second-order valence-electron chi connectivity index (χ2n) is 12.0. The lowest BCUT2D eigenvalue weighted by Gasteiger charge is -2.39. The van der Waals surface area contributed by atoms with Crippen LogP contribution < -0.4 is 15.0 Å². The molecule has 1 N–H and O–H groups in total. The lowest BCUT2D eigenvalue weighted by Crippen LogP contribution is -2.46. The summed E-state index contributed by atoms with van der Waals surface area (Å²) in [7, 11) is 4.30. The maximum Gasteiger partial charge on any atom is 0.254 e. The number of aromatic amines is 1. The van der Waals surface area contributed by atoms with E-state index in [0.717, 1.165) is 64.3 Å².